The summed E-state index contributed by atoms with van der Waals surface area (Å²) < 4.78 is 0.981. The van der Waals surface area contributed by atoms with E-state index >= 15 is 0 Å². The zero-order chi connectivity index (χ0) is 19.1. The first-order chi connectivity index (χ1) is 13.1. The highest BCUT2D eigenvalue weighted by atomic mass is 79.9. The van der Waals surface area contributed by atoms with E-state index in [9.17, 15) is 0 Å². The van der Waals surface area contributed by atoms with Crippen molar-refractivity contribution in [2.45, 2.75) is 6.42 Å². The van der Waals surface area contributed by atoms with Gasteiger partial charge in [-0.1, -0.05) is 12.1 Å². The number of rotatable bonds is 8. The molecule has 0 radical (unpaired) electrons. The maximum Gasteiger partial charge on any atom is 0.225 e. The van der Waals surface area contributed by atoms with E-state index in [4.69, 9.17) is 0 Å². The Morgan fingerprint density at radius 1 is 1.04 bits per heavy atom. The highest BCUT2D eigenvalue weighted by Gasteiger charge is 2.08. The molecule has 6 nitrogen and oxygen atoms in total. The molecule has 0 fully saturated rings. The molecule has 0 saturated carbocycles. The first-order valence-electron chi connectivity index (χ1n) is 8.81. The molecule has 2 aromatic heterocycles. The Balaban J connectivity index is 1.85. The standard InChI is InChI=1S/C20H23BrN6/c1-27(2)13-5-10-23-20-25-18(15-8-11-22-12-9-15)14-19(26-20)24-17-7-4-3-6-16(17)21/h3-4,6-9,11-12,14H,5,10,13H2,1-2H3,(H2,23,24,25,26). The van der Waals surface area contributed by atoms with Crippen LogP contribution in [0.4, 0.5) is 17.5 Å². The first-order valence-corrected chi connectivity index (χ1v) is 9.61. The molecule has 0 atom stereocenters. The van der Waals surface area contributed by atoms with Gasteiger partial charge in [0.05, 0.1) is 11.4 Å². The molecule has 0 aliphatic carbocycles. The number of anilines is 3. The molecule has 0 unspecified atom stereocenters. The summed E-state index contributed by atoms with van der Waals surface area (Å²) >= 11 is 3.57. The third kappa shape index (κ3) is 5.74. The van der Waals surface area contributed by atoms with Gasteiger partial charge in [0.25, 0.3) is 0 Å². The zero-order valence-corrected chi connectivity index (χ0v) is 17.1. The predicted octanol–water partition coefficient (Wildman–Crippen LogP) is 4.41. The predicted molar refractivity (Wildman–Crippen MR) is 114 cm³/mol. The van der Waals surface area contributed by atoms with Crippen LogP contribution in [0.3, 0.4) is 0 Å². The molecule has 0 aliphatic rings. The van der Waals surface area contributed by atoms with Gasteiger partial charge in [0.15, 0.2) is 0 Å². The number of nitrogens with zero attached hydrogens (tertiary/aromatic N) is 4. The van der Waals surface area contributed by atoms with Crippen LogP contribution in [-0.2, 0) is 0 Å². The lowest BCUT2D eigenvalue weighted by Gasteiger charge is -2.13. The topological polar surface area (TPSA) is 66.0 Å². The molecule has 0 aliphatic heterocycles. The van der Waals surface area contributed by atoms with E-state index in [1.807, 2.05) is 42.5 Å². The fraction of sp³-hybridized carbons (Fsp3) is 0.250. The highest BCUT2D eigenvalue weighted by Crippen LogP contribution is 2.27. The van der Waals surface area contributed by atoms with E-state index in [2.05, 4.69) is 60.5 Å². The first kappa shape index (κ1) is 19.3. The molecule has 0 spiro atoms. The van der Waals surface area contributed by atoms with Crippen LogP contribution in [0.15, 0.2) is 59.3 Å². The Hall–Kier alpha value is -2.51. The Bertz CT molecular complexity index is 869. The van der Waals surface area contributed by atoms with Gasteiger partial charge in [-0.15, -0.1) is 0 Å². The molecule has 1 aromatic carbocycles. The van der Waals surface area contributed by atoms with Crippen LogP contribution in [0.2, 0.25) is 0 Å². The van der Waals surface area contributed by atoms with Gasteiger partial charge >= 0.3 is 0 Å². The second-order valence-electron chi connectivity index (χ2n) is 6.39. The summed E-state index contributed by atoms with van der Waals surface area (Å²) in [7, 11) is 4.14. The maximum absolute atomic E-state index is 4.67. The fourth-order valence-corrected chi connectivity index (χ4v) is 2.94. The molecule has 3 aromatic rings. The van der Waals surface area contributed by atoms with Gasteiger partial charge < -0.3 is 15.5 Å². The largest absolute Gasteiger partial charge is 0.354 e. The SMILES string of the molecule is CN(C)CCCNc1nc(Nc2ccccc2Br)cc(-c2ccncc2)n1. The number of pyridine rings is 1. The lowest BCUT2D eigenvalue weighted by atomic mass is 10.2. The van der Waals surface area contributed by atoms with Crippen molar-refractivity contribution in [2.75, 3.05) is 37.8 Å². The molecule has 2 heterocycles. The highest BCUT2D eigenvalue weighted by molar-refractivity contribution is 9.10. The van der Waals surface area contributed by atoms with Crippen molar-refractivity contribution in [2.24, 2.45) is 0 Å². The number of hydrogen-bond donors (Lipinski definition) is 2. The van der Waals surface area contributed by atoms with Crippen LogP contribution in [0.5, 0.6) is 0 Å². The van der Waals surface area contributed by atoms with Crippen LogP contribution in [0.1, 0.15) is 6.42 Å². The molecular formula is C20H23BrN6. The van der Waals surface area contributed by atoms with Gasteiger partial charge in [0.1, 0.15) is 5.82 Å². The van der Waals surface area contributed by atoms with Crippen LogP contribution >= 0.6 is 15.9 Å². The lowest BCUT2D eigenvalue weighted by molar-refractivity contribution is 0.405. The van der Waals surface area contributed by atoms with Crippen LogP contribution < -0.4 is 10.6 Å². The molecule has 0 amide bonds. The van der Waals surface area contributed by atoms with Crippen LogP contribution in [0.25, 0.3) is 11.3 Å². The average Bonchev–Trinajstić information content (AvgIpc) is 2.67. The number of halogens is 1. The van der Waals surface area contributed by atoms with Crippen LogP contribution in [-0.4, -0.2) is 47.0 Å². The Labute approximate surface area is 168 Å². The van der Waals surface area contributed by atoms with E-state index in [0.29, 0.717) is 5.95 Å². The van der Waals surface area contributed by atoms with Crippen molar-refractivity contribution < 1.29 is 0 Å². The Morgan fingerprint density at radius 2 is 1.81 bits per heavy atom. The summed E-state index contributed by atoms with van der Waals surface area (Å²) in [6, 6.07) is 13.8. The second-order valence-corrected chi connectivity index (χ2v) is 7.24. The molecular weight excluding hydrogens is 404 g/mol. The summed E-state index contributed by atoms with van der Waals surface area (Å²) in [6.07, 6.45) is 4.55. The van der Waals surface area contributed by atoms with Gasteiger partial charge in [0, 0.05) is 35.0 Å². The van der Waals surface area contributed by atoms with Crippen molar-refractivity contribution in [1.82, 2.24) is 19.9 Å². The number of aromatic nitrogens is 3. The van der Waals surface area contributed by atoms with Gasteiger partial charge in [-0.2, -0.15) is 4.98 Å². The van der Waals surface area contributed by atoms with Crippen molar-refractivity contribution in [3.05, 3.63) is 59.3 Å². The van der Waals surface area contributed by atoms with E-state index in [1.54, 1.807) is 12.4 Å². The van der Waals surface area contributed by atoms with Crippen molar-refractivity contribution in [3.63, 3.8) is 0 Å². The van der Waals surface area contributed by atoms with E-state index in [0.717, 1.165) is 46.7 Å². The smallest absolute Gasteiger partial charge is 0.225 e. The summed E-state index contributed by atoms with van der Waals surface area (Å²) in [4.78, 5) is 15.5. The Morgan fingerprint density at radius 3 is 2.56 bits per heavy atom. The third-order valence-corrected chi connectivity index (χ3v) is 4.60. The minimum atomic E-state index is 0.609. The Kier molecular flexibility index (Phi) is 6.73. The van der Waals surface area contributed by atoms with Crippen molar-refractivity contribution >= 4 is 33.4 Å². The van der Waals surface area contributed by atoms with Crippen LogP contribution in [0, 0.1) is 0 Å². The normalized spacial score (nSPS) is 10.8. The van der Waals surface area contributed by atoms with Crippen molar-refractivity contribution in [3.8, 4) is 11.3 Å². The van der Waals surface area contributed by atoms with Gasteiger partial charge in [-0.05, 0) is 67.3 Å². The summed E-state index contributed by atoms with van der Waals surface area (Å²) in [5.74, 6) is 1.34. The van der Waals surface area contributed by atoms with Gasteiger partial charge in [-0.3, -0.25) is 4.98 Å². The van der Waals surface area contributed by atoms with Crippen molar-refractivity contribution in [1.29, 1.82) is 0 Å². The third-order valence-electron chi connectivity index (χ3n) is 3.90. The zero-order valence-electron chi connectivity index (χ0n) is 15.5. The van der Waals surface area contributed by atoms with E-state index < -0.39 is 0 Å². The lowest BCUT2D eigenvalue weighted by Crippen LogP contribution is -2.17. The minimum Gasteiger partial charge on any atom is -0.354 e. The van der Waals surface area contributed by atoms with E-state index in [-0.39, 0.29) is 0 Å². The van der Waals surface area contributed by atoms with Gasteiger partial charge in [0.2, 0.25) is 5.95 Å². The summed E-state index contributed by atoms with van der Waals surface area (Å²) in [5, 5.41) is 6.70. The molecule has 0 bridgehead atoms. The molecule has 140 valence electrons. The van der Waals surface area contributed by atoms with E-state index in [1.165, 1.54) is 0 Å². The molecule has 2 N–H and O–H groups in total. The summed E-state index contributed by atoms with van der Waals surface area (Å²) in [5.41, 5.74) is 2.80. The fourth-order valence-electron chi connectivity index (χ4n) is 2.56. The monoisotopic (exact) mass is 426 g/mol. The molecule has 0 saturated heterocycles. The number of nitrogens with one attached hydrogen (secondary N) is 2. The second kappa shape index (κ2) is 9.43. The molecule has 27 heavy (non-hydrogen) atoms. The average molecular weight is 427 g/mol. The quantitative estimate of drug-likeness (QED) is 0.520. The number of hydrogen-bond acceptors (Lipinski definition) is 6. The minimum absolute atomic E-state index is 0.609. The molecule has 3 rings (SSSR count). The summed E-state index contributed by atoms with van der Waals surface area (Å²) in [6.45, 7) is 1.82. The molecule has 7 heteroatoms. The number of benzene rings is 1. The number of para-hydroxylation sites is 1. The maximum atomic E-state index is 4.67. The van der Waals surface area contributed by atoms with Gasteiger partial charge in [-0.25, -0.2) is 4.98 Å².